The zero-order chi connectivity index (χ0) is 15.6. The number of nitrogens with two attached hydrogens (primary N) is 1. The molecule has 0 atom stereocenters. The number of ether oxygens (including phenoxy) is 2. The minimum absolute atomic E-state index is 0.0145. The van der Waals surface area contributed by atoms with E-state index in [1.807, 2.05) is 4.57 Å². The smallest absolute Gasteiger partial charge is 0.201 e. The van der Waals surface area contributed by atoms with Crippen LogP contribution in [0, 0.1) is 11.2 Å². The minimum Gasteiger partial charge on any atom is -0.494 e. The Hall–Kier alpha value is -1.82. The van der Waals surface area contributed by atoms with Gasteiger partial charge in [0.05, 0.1) is 18.1 Å². The van der Waals surface area contributed by atoms with Gasteiger partial charge in [-0.2, -0.15) is 0 Å². The highest BCUT2D eigenvalue weighted by molar-refractivity contribution is 5.80. The van der Waals surface area contributed by atoms with Gasteiger partial charge in [-0.1, -0.05) is 13.8 Å². The lowest BCUT2D eigenvalue weighted by molar-refractivity contribution is 0.143. The number of anilines is 1. The summed E-state index contributed by atoms with van der Waals surface area (Å²) >= 11 is 0. The number of imidazole rings is 1. The minimum atomic E-state index is -0.437. The van der Waals surface area contributed by atoms with E-state index in [1.54, 1.807) is 13.2 Å². The van der Waals surface area contributed by atoms with Gasteiger partial charge < -0.3 is 19.8 Å². The summed E-state index contributed by atoms with van der Waals surface area (Å²) in [5.74, 6) is 0.134. The van der Waals surface area contributed by atoms with Gasteiger partial charge in [0.25, 0.3) is 0 Å². The molecule has 0 saturated heterocycles. The number of nitrogen functional groups attached to an aromatic ring is 1. The van der Waals surface area contributed by atoms with Crippen molar-refractivity contribution in [3.8, 4) is 5.75 Å². The van der Waals surface area contributed by atoms with Crippen molar-refractivity contribution < 1.29 is 13.9 Å². The maximum absolute atomic E-state index is 13.7. The maximum atomic E-state index is 13.7. The molecule has 0 fully saturated rings. The first-order valence-electron chi connectivity index (χ1n) is 6.86. The Balaban J connectivity index is 2.41. The van der Waals surface area contributed by atoms with E-state index in [2.05, 4.69) is 18.8 Å². The second-order valence-electron chi connectivity index (χ2n) is 5.94. The summed E-state index contributed by atoms with van der Waals surface area (Å²) in [6, 6.07) is 2.99. The van der Waals surface area contributed by atoms with Crippen LogP contribution >= 0.6 is 0 Å². The molecule has 0 aliphatic heterocycles. The third kappa shape index (κ3) is 3.26. The number of benzene rings is 1. The van der Waals surface area contributed by atoms with Gasteiger partial charge in [0.2, 0.25) is 5.95 Å². The van der Waals surface area contributed by atoms with E-state index in [-0.39, 0.29) is 11.2 Å². The van der Waals surface area contributed by atoms with E-state index >= 15 is 0 Å². The molecular formula is C15H22FN3O2. The van der Waals surface area contributed by atoms with Gasteiger partial charge in [0, 0.05) is 32.4 Å². The molecule has 6 heteroatoms. The van der Waals surface area contributed by atoms with Crippen molar-refractivity contribution in [3.63, 3.8) is 0 Å². The molecule has 116 valence electrons. The van der Waals surface area contributed by atoms with E-state index < -0.39 is 5.82 Å². The van der Waals surface area contributed by atoms with Crippen LogP contribution in [0.1, 0.15) is 20.3 Å². The number of hydrogen-bond acceptors (Lipinski definition) is 4. The summed E-state index contributed by atoms with van der Waals surface area (Å²) in [5.41, 5.74) is 7.28. The number of hydrogen-bond donors (Lipinski definition) is 1. The molecule has 1 aromatic carbocycles. The zero-order valence-corrected chi connectivity index (χ0v) is 12.9. The number of nitrogens with zero attached hydrogens (tertiary/aromatic N) is 2. The van der Waals surface area contributed by atoms with Gasteiger partial charge in [-0.15, -0.1) is 0 Å². The Morgan fingerprint density at radius 2 is 2.05 bits per heavy atom. The molecule has 0 spiro atoms. The van der Waals surface area contributed by atoms with Crippen LogP contribution in [0.2, 0.25) is 0 Å². The molecule has 0 unspecified atom stereocenters. The highest BCUT2D eigenvalue weighted by Gasteiger charge is 2.22. The molecule has 21 heavy (non-hydrogen) atoms. The van der Waals surface area contributed by atoms with Crippen LogP contribution in [0.15, 0.2) is 12.1 Å². The van der Waals surface area contributed by atoms with Gasteiger partial charge in [0.15, 0.2) is 11.6 Å². The predicted octanol–water partition coefficient (Wildman–Crippen LogP) is 2.83. The molecule has 2 aromatic rings. The Bertz CT molecular complexity index is 637. The number of rotatable bonds is 6. The van der Waals surface area contributed by atoms with Crippen molar-refractivity contribution in [2.45, 2.75) is 26.8 Å². The second kappa shape index (κ2) is 5.89. The quantitative estimate of drug-likeness (QED) is 0.890. The van der Waals surface area contributed by atoms with E-state index in [9.17, 15) is 4.39 Å². The fourth-order valence-corrected chi connectivity index (χ4v) is 2.35. The summed E-state index contributed by atoms with van der Waals surface area (Å²) in [6.07, 6.45) is 0.890. The molecule has 0 amide bonds. The highest BCUT2D eigenvalue weighted by atomic mass is 19.1. The fraction of sp³-hybridized carbons (Fsp3) is 0.533. The van der Waals surface area contributed by atoms with Crippen LogP contribution in [-0.4, -0.2) is 30.4 Å². The lowest BCUT2D eigenvalue weighted by atomic mass is 9.89. The molecule has 0 saturated carbocycles. The standard InChI is InChI=1S/C15H22FN3O2/c1-15(2,5-6-20-3)9-19-12-8-13(21-4)10(16)7-11(12)18-14(19)17/h7-8H,5-6,9H2,1-4H3,(H2,17,18). The van der Waals surface area contributed by atoms with Crippen molar-refractivity contribution in [1.82, 2.24) is 9.55 Å². The SMILES string of the molecule is COCCC(C)(C)Cn1c(N)nc2cc(F)c(OC)cc21. The second-order valence-corrected chi connectivity index (χ2v) is 5.94. The average molecular weight is 295 g/mol. The molecule has 2 rings (SSSR count). The first-order chi connectivity index (χ1) is 9.88. The van der Waals surface area contributed by atoms with Crippen LogP contribution in [-0.2, 0) is 11.3 Å². The molecule has 0 radical (unpaired) electrons. The Labute approximate surface area is 123 Å². The monoisotopic (exact) mass is 295 g/mol. The van der Waals surface area contributed by atoms with Crippen LogP contribution < -0.4 is 10.5 Å². The summed E-state index contributed by atoms with van der Waals surface area (Å²) in [7, 11) is 3.13. The average Bonchev–Trinajstić information content (AvgIpc) is 2.70. The van der Waals surface area contributed by atoms with Gasteiger partial charge in [0.1, 0.15) is 0 Å². The number of fused-ring (bicyclic) bond motifs is 1. The topological polar surface area (TPSA) is 62.3 Å². The molecule has 0 bridgehead atoms. The van der Waals surface area contributed by atoms with Crippen LogP contribution in [0.4, 0.5) is 10.3 Å². The molecule has 1 heterocycles. The molecule has 1 aromatic heterocycles. The van der Waals surface area contributed by atoms with Crippen LogP contribution in [0.3, 0.4) is 0 Å². The number of halogens is 1. The van der Waals surface area contributed by atoms with Gasteiger partial charge >= 0.3 is 0 Å². The van der Waals surface area contributed by atoms with E-state index in [4.69, 9.17) is 15.2 Å². The third-order valence-corrected chi connectivity index (χ3v) is 3.62. The van der Waals surface area contributed by atoms with Gasteiger partial charge in [-0.3, -0.25) is 0 Å². The predicted molar refractivity (Wildman–Crippen MR) is 80.9 cm³/mol. The summed E-state index contributed by atoms with van der Waals surface area (Å²) in [5, 5.41) is 0. The Morgan fingerprint density at radius 3 is 2.67 bits per heavy atom. The summed E-state index contributed by atoms with van der Waals surface area (Å²) in [4.78, 5) is 4.23. The molecule has 0 aliphatic rings. The maximum Gasteiger partial charge on any atom is 0.201 e. The molecule has 2 N–H and O–H groups in total. The van der Waals surface area contributed by atoms with Crippen LogP contribution in [0.5, 0.6) is 5.75 Å². The summed E-state index contributed by atoms with van der Waals surface area (Å²) < 4.78 is 25.8. The first-order valence-corrected chi connectivity index (χ1v) is 6.86. The normalized spacial score (nSPS) is 12.0. The van der Waals surface area contributed by atoms with E-state index in [0.717, 1.165) is 11.9 Å². The largest absolute Gasteiger partial charge is 0.494 e. The van der Waals surface area contributed by atoms with E-state index in [0.29, 0.717) is 24.6 Å². The fourth-order valence-electron chi connectivity index (χ4n) is 2.35. The Morgan fingerprint density at radius 1 is 1.33 bits per heavy atom. The number of methoxy groups -OCH3 is 2. The third-order valence-electron chi connectivity index (χ3n) is 3.62. The van der Waals surface area contributed by atoms with Gasteiger partial charge in [-0.25, -0.2) is 9.37 Å². The van der Waals surface area contributed by atoms with E-state index in [1.165, 1.54) is 13.2 Å². The van der Waals surface area contributed by atoms with Crippen molar-refractivity contribution >= 4 is 17.0 Å². The van der Waals surface area contributed by atoms with Gasteiger partial charge in [-0.05, 0) is 11.8 Å². The molecule has 5 nitrogen and oxygen atoms in total. The van der Waals surface area contributed by atoms with Crippen molar-refractivity contribution in [2.24, 2.45) is 5.41 Å². The van der Waals surface area contributed by atoms with Crippen molar-refractivity contribution in [1.29, 1.82) is 0 Å². The van der Waals surface area contributed by atoms with Crippen LogP contribution in [0.25, 0.3) is 11.0 Å². The first kappa shape index (κ1) is 15.6. The number of aromatic nitrogens is 2. The lowest BCUT2D eigenvalue weighted by Crippen LogP contribution is -2.22. The summed E-state index contributed by atoms with van der Waals surface area (Å²) in [6.45, 7) is 5.63. The molecular weight excluding hydrogens is 273 g/mol. The highest BCUT2D eigenvalue weighted by Crippen LogP contribution is 2.30. The van der Waals surface area contributed by atoms with Crippen molar-refractivity contribution in [2.75, 3.05) is 26.6 Å². The zero-order valence-electron chi connectivity index (χ0n) is 12.9. The van der Waals surface area contributed by atoms with Crippen molar-refractivity contribution in [3.05, 3.63) is 17.9 Å². The lowest BCUT2D eigenvalue weighted by Gasteiger charge is -2.25. The Kier molecular flexibility index (Phi) is 4.37. The molecule has 0 aliphatic carbocycles.